The van der Waals surface area contributed by atoms with Crippen molar-refractivity contribution in [3.05, 3.63) is 53.7 Å². The molecule has 2 atom stereocenters. The van der Waals surface area contributed by atoms with E-state index in [0.717, 1.165) is 29.8 Å². The van der Waals surface area contributed by atoms with Crippen molar-refractivity contribution in [1.82, 2.24) is 15.5 Å². The Hall–Kier alpha value is -3.69. The molecule has 166 valence electrons. The normalized spacial score (nSPS) is 21.3. The number of nitrogens with zero attached hydrogens (tertiary/aromatic N) is 3. The number of aromatic nitrogens is 2. The van der Waals surface area contributed by atoms with Gasteiger partial charge in [-0.1, -0.05) is 5.16 Å². The van der Waals surface area contributed by atoms with Crippen LogP contribution in [0.4, 0.5) is 15.0 Å². The van der Waals surface area contributed by atoms with Gasteiger partial charge in [0, 0.05) is 42.4 Å². The molecule has 5 rings (SSSR count). The molecule has 1 N–H and O–H groups in total. The Labute approximate surface area is 182 Å². The minimum Gasteiger partial charge on any atom is -0.461 e. The third-order valence-electron chi connectivity index (χ3n) is 5.83. The Morgan fingerprint density at radius 3 is 2.78 bits per heavy atom. The van der Waals surface area contributed by atoms with Crippen LogP contribution in [0.1, 0.15) is 23.2 Å². The molecule has 2 aromatic heterocycles. The smallest absolute Gasteiger partial charge is 0.407 e. The van der Waals surface area contributed by atoms with Gasteiger partial charge in [0.25, 0.3) is 0 Å². The minimum absolute atomic E-state index is 0.0371. The number of hydrogen-bond acceptors (Lipinski definition) is 8. The number of amides is 1. The lowest BCUT2D eigenvalue weighted by atomic mass is 10.2. The zero-order valence-electron chi connectivity index (χ0n) is 17.3. The molecule has 1 saturated heterocycles. The second-order valence-electron chi connectivity index (χ2n) is 7.88. The number of benzene rings is 1. The summed E-state index contributed by atoms with van der Waals surface area (Å²) in [4.78, 5) is 30.5. The van der Waals surface area contributed by atoms with E-state index in [1.54, 1.807) is 13.0 Å². The Morgan fingerprint density at radius 2 is 2.00 bits per heavy atom. The molecule has 0 spiro atoms. The van der Waals surface area contributed by atoms with Crippen LogP contribution < -0.4 is 10.2 Å². The number of hydrogen-bond donors (Lipinski definition) is 1. The Balaban J connectivity index is 1.10. The van der Waals surface area contributed by atoms with Gasteiger partial charge in [-0.15, -0.1) is 0 Å². The maximum Gasteiger partial charge on any atom is 0.407 e. The van der Waals surface area contributed by atoms with Crippen molar-refractivity contribution < 1.29 is 28.0 Å². The summed E-state index contributed by atoms with van der Waals surface area (Å²) in [5, 5.41) is 7.25. The van der Waals surface area contributed by atoms with Crippen molar-refractivity contribution in [2.75, 3.05) is 24.6 Å². The SMILES string of the molecule is CCOC(=O)c1cc(COC(=O)NC2C3CN(c4ccc5cc(F)ccc5n4)CC32)on1. The highest BCUT2D eigenvalue weighted by Gasteiger charge is 2.57. The van der Waals surface area contributed by atoms with Crippen molar-refractivity contribution in [3.63, 3.8) is 0 Å². The molecule has 9 nitrogen and oxygen atoms in total. The van der Waals surface area contributed by atoms with E-state index < -0.39 is 12.1 Å². The molecule has 32 heavy (non-hydrogen) atoms. The molecule has 2 fully saturated rings. The van der Waals surface area contributed by atoms with E-state index in [1.165, 1.54) is 18.2 Å². The number of rotatable bonds is 6. The fourth-order valence-electron chi connectivity index (χ4n) is 4.19. The van der Waals surface area contributed by atoms with E-state index in [4.69, 9.17) is 14.0 Å². The number of halogens is 1. The first-order valence-corrected chi connectivity index (χ1v) is 10.4. The van der Waals surface area contributed by atoms with Crippen LogP contribution in [0, 0.1) is 17.7 Å². The van der Waals surface area contributed by atoms with Gasteiger partial charge in [0.1, 0.15) is 11.6 Å². The van der Waals surface area contributed by atoms with Crippen molar-refractivity contribution in [3.8, 4) is 0 Å². The molecule has 10 heteroatoms. The number of carbonyl (C=O) groups is 2. The average Bonchev–Trinajstić information content (AvgIpc) is 3.17. The largest absolute Gasteiger partial charge is 0.461 e. The number of nitrogens with one attached hydrogen (secondary N) is 1. The minimum atomic E-state index is -0.588. The summed E-state index contributed by atoms with van der Waals surface area (Å²) in [5.41, 5.74) is 0.788. The van der Waals surface area contributed by atoms with E-state index in [-0.39, 0.29) is 36.5 Å². The van der Waals surface area contributed by atoms with Gasteiger partial charge >= 0.3 is 12.1 Å². The summed E-state index contributed by atoms with van der Waals surface area (Å²) in [6.45, 7) is 3.35. The molecule has 1 amide bonds. The molecule has 1 aromatic carbocycles. The van der Waals surface area contributed by atoms with Crippen molar-refractivity contribution >= 4 is 28.8 Å². The van der Waals surface area contributed by atoms with Gasteiger partial charge in [-0.2, -0.15) is 0 Å². The number of carbonyl (C=O) groups excluding carboxylic acids is 2. The molecule has 1 aliphatic carbocycles. The molecule has 0 bridgehead atoms. The standard InChI is InChI=1S/C22H21FN4O5/c1-2-30-21(28)18-8-14(32-26-18)11-31-22(29)25-20-15-9-27(10-16(15)20)19-6-3-12-7-13(23)4-5-17(12)24-19/h3-8,15-16,20H,2,9-11H2,1H3,(H,25,29). The molecule has 0 radical (unpaired) electrons. The van der Waals surface area contributed by atoms with Crippen LogP contribution in [-0.2, 0) is 16.1 Å². The van der Waals surface area contributed by atoms with Crippen LogP contribution in [-0.4, -0.2) is 47.9 Å². The third-order valence-corrected chi connectivity index (χ3v) is 5.83. The molecular weight excluding hydrogens is 419 g/mol. The average molecular weight is 440 g/mol. The predicted octanol–water partition coefficient (Wildman–Crippen LogP) is 2.90. The van der Waals surface area contributed by atoms with Crippen LogP contribution in [0.5, 0.6) is 0 Å². The maximum absolute atomic E-state index is 13.3. The van der Waals surface area contributed by atoms with Crippen LogP contribution in [0.25, 0.3) is 10.9 Å². The van der Waals surface area contributed by atoms with Gasteiger partial charge < -0.3 is 24.2 Å². The van der Waals surface area contributed by atoms with Crippen LogP contribution in [0.15, 0.2) is 40.9 Å². The summed E-state index contributed by atoms with van der Waals surface area (Å²) in [6, 6.07) is 9.76. The van der Waals surface area contributed by atoms with Crippen molar-refractivity contribution in [2.45, 2.75) is 19.6 Å². The van der Waals surface area contributed by atoms with E-state index in [1.807, 2.05) is 12.1 Å². The Bertz CT molecular complexity index is 1170. The van der Waals surface area contributed by atoms with Gasteiger partial charge in [0.2, 0.25) is 0 Å². The van der Waals surface area contributed by atoms with Crippen LogP contribution >= 0.6 is 0 Å². The summed E-state index contributed by atoms with van der Waals surface area (Å²) in [5.74, 6) is 0.893. The zero-order chi connectivity index (χ0) is 22.2. The second-order valence-corrected chi connectivity index (χ2v) is 7.88. The molecule has 3 heterocycles. The van der Waals surface area contributed by atoms with E-state index in [9.17, 15) is 14.0 Å². The fraction of sp³-hybridized carbons (Fsp3) is 0.364. The Kier molecular flexibility index (Phi) is 5.12. The summed E-state index contributed by atoms with van der Waals surface area (Å²) in [7, 11) is 0. The predicted molar refractivity (Wildman–Crippen MR) is 110 cm³/mol. The van der Waals surface area contributed by atoms with Crippen LogP contribution in [0.2, 0.25) is 0 Å². The van der Waals surface area contributed by atoms with Gasteiger partial charge in [0.05, 0.1) is 12.1 Å². The highest BCUT2D eigenvalue weighted by Crippen LogP contribution is 2.46. The highest BCUT2D eigenvalue weighted by molar-refractivity contribution is 5.87. The first-order valence-electron chi connectivity index (χ1n) is 10.4. The highest BCUT2D eigenvalue weighted by atomic mass is 19.1. The number of piperidine rings is 1. The van der Waals surface area contributed by atoms with Crippen molar-refractivity contribution in [1.29, 1.82) is 0 Å². The van der Waals surface area contributed by atoms with Gasteiger partial charge in [-0.25, -0.2) is 19.0 Å². The van der Waals surface area contributed by atoms with Gasteiger partial charge in [-0.3, -0.25) is 0 Å². The Morgan fingerprint density at radius 1 is 1.19 bits per heavy atom. The summed E-state index contributed by atoms with van der Waals surface area (Å²) in [6.07, 6.45) is -0.545. The molecule has 1 aliphatic heterocycles. The number of anilines is 1. The first-order chi connectivity index (χ1) is 15.5. The number of ether oxygens (including phenoxy) is 2. The molecule has 1 saturated carbocycles. The van der Waals surface area contributed by atoms with Crippen molar-refractivity contribution in [2.24, 2.45) is 11.8 Å². The lowest BCUT2D eigenvalue weighted by molar-refractivity contribution is 0.0514. The first kappa shape index (κ1) is 20.2. The fourth-order valence-corrected chi connectivity index (χ4v) is 4.19. The maximum atomic E-state index is 13.3. The monoisotopic (exact) mass is 440 g/mol. The third kappa shape index (κ3) is 3.95. The number of alkyl carbamates (subject to hydrolysis) is 1. The zero-order valence-corrected chi connectivity index (χ0v) is 17.3. The number of pyridine rings is 1. The van der Waals surface area contributed by atoms with Gasteiger partial charge in [-0.05, 0) is 37.3 Å². The molecule has 3 aromatic rings. The lowest BCUT2D eigenvalue weighted by Crippen LogP contribution is -2.35. The number of fused-ring (bicyclic) bond motifs is 2. The topological polar surface area (TPSA) is 107 Å². The van der Waals surface area contributed by atoms with E-state index >= 15 is 0 Å². The quantitative estimate of drug-likeness (QED) is 0.583. The molecular formula is C22H21FN4O5. The molecule has 2 aliphatic rings. The van der Waals surface area contributed by atoms with E-state index in [0.29, 0.717) is 11.8 Å². The molecule has 2 unspecified atom stereocenters. The number of esters is 1. The summed E-state index contributed by atoms with van der Waals surface area (Å²) < 4.78 is 28.3. The summed E-state index contributed by atoms with van der Waals surface area (Å²) >= 11 is 0. The van der Waals surface area contributed by atoms with Gasteiger partial charge in [0.15, 0.2) is 18.1 Å². The second kappa shape index (κ2) is 8.10. The van der Waals surface area contributed by atoms with Crippen LogP contribution in [0.3, 0.4) is 0 Å². The van der Waals surface area contributed by atoms with E-state index in [2.05, 4.69) is 20.4 Å². The lowest BCUT2D eigenvalue weighted by Gasteiger charge is -2.21.